The summed E-state index contributed by atoms with van der Waals surface area (Å²) < 4.78 is 0. The first kappa shape index (κ1) is 31.5. The fourth-order valence-electron chi connectivity index (χ4n) is 7.40. The Balaban J connectivity index is 1.13. The molecule has 7 aromatic rings. The Labute approximate surface area is 311 Å². The number of aromatic nitrogens is 4. The Kier molecular flexibility index (Phi) is 7.79. The standard InChI is InChI=1S/C45H31N9/c1-4-40(52-43(7-1)31-19-46-25-47-20-31)28-10-13-34-37(16-28)35-14-11-29(41-5-2-8-44(53-41)32-21-48-26-49-22-32)18-39(35)36-15-12-30(17-38(34)36)42-6-3-9-45(54-42)33-23-50-27-51-24-33/h1-23,26-27,42,54H,24-25H2/q-2. The summed E-state index contributed by atoms with van der Waals surface area (Å²) in [6.07, 6.45) is 18.7. The van der Waals surface area contributed by atoms with Crippen molar-refractivity contribution in [2.45, 2.75) is 6.04 Å². The number of hydrogen-bond acceptors (Lipinski definition) is 7. The molecule has 4 aromatic carbocycles. The van der Waals surface area contributed by atoms with Crippen LogP contribution in [0.2, 0.25) is 0 Å². The van der Waals surface area contributed by atoms with Gasteiger partial charge in [0.05, 0.1) is 28.8 Å². The van der Waals surface area contributed by atoms with E-state index in [-0.39, 0.29) is 6.04 Å². The highest BCUT2D eigenvalue weighted by Crippen LogP contribution is 2.40. The second kappa shape index (κ2) is 13.4. The van der Waals surface area contributed by atoms with Gasteiger partial charge in [-0.05, 0) is 111 Å². The molecule has 6 heterocycles. The summed E-state index contributed by atoms with van der Waals surface area (Å²) in [5, 5.41) is 19.4. The van der Waals surface area contributed by atoms with E-state index in [1.54, 1.807) is 18.7 Å². The molecule has 3 aromatic heterocycles. The lowest BCUT2D eigenvalue weighted by Gasteiger charge is -2.27. The number of allylic oxidation sites excluding steroid dienone is 3. The summed E-state index contributed by atoms with van der Waals surface area (Å²) in [6, 6.07) is 32.4. The third-order valence-electron chi connectivity index (χ3n) is 10.0. The molecule has 3 aliphatic heterocycles. The summed E-state index contributed by atoms with van der Waals surface area (Å²) >= 11 is 0. The van der Waals surface area contributed by atoms with Crippen molar-refractivity contribution in [2.75, 3.05) is 13.2 Å². The third kappa shape index (κ3) is 5.78. The number of hydrogen-bond donors (Lipinski definition) is 1. The Bertz CT molecular complexity index is 2810. The lowest BCUT2D eigenvalue weighted by molar-refractivity contribution is 0.709. The molecule has 0 bridgehead atoms. The second-order valence-electron chi connectivity index (χ2n) is 13.3. The van der Waals surface area contributed by atoms with Crippen LogP contribution >= 0.6 is 0 Å². The topological polar surface area (TPSA) is 117 Å². The van der Waals surface area contributed by atoms with Gasteiger partial charge in [0.1, 0.15) is 6.33 Å². The van der Waals surface area contributed by atoms with Crippen LogP contribution in [-0.4, -0.2) is 45.7 Å². The Morgan fingerprint density at radius 1 is 0.648 bits per heavy atom. The first-order valence-corrected chi connectivity index (χ1v) is 17.8. The minimum absolute atomic E-state index is 0.0113. The molecule has 0 amide bonds. The van der Waals surface area contributed by atoms with Gasteiger partial charge in [-0.15, -0.1) is 6.34 Å². The molecule has 10 rings (SSSR count). The van der Waals surface area contributed by atoms with Crippen molar-refractivity contribution in [3.8, 4) is 33.8 Å². The molecular weight excluding hydrogens is 667 g/mol. The van der Waals surface area contributed by atoms with Crippen LogP contribution in [0, 0.1) is 0 Å². The normalized spacial score (nSPS) is 16.4. The highest BCUT2D eigenvalue weighted by molar-refractivity contribution is 6.26. The molecule has 0 saturated heterocycles. The first-order chi connectivity index (χ1) is 26.7. The van der Waals surface area contributed by atoms with Crippen LogP contribution in [0.15, 0.2) is 162 Å². The molecule has 9 nitrogen and oxygen atoms in total. The molecule has 0 fully saturated rings. The maximum Gasteiger partial charge on any atom is 0.115 e. The third-order valence-corrected chi connectivity index (χ3v) is 10.0. The molecule has 3 aliphatic rings. The monoisotopic (exact) mass is 697 g/mol. The zero-order chi connectivity index (χ0) is 35.8. The minimum Gasteiger partial charge on any atom is -0.672 e. The van der Waals surface area contributed by atoms with Gasteiger partial charge in [-0.3, -0.25) is 0 Å². The highest BCUT2D eigenvalue weighted by atomic mass is 15.0. The van der Waals surface area contributed by atoms with Crippen molar-refractivity contribution in [3.05, 3.63) is 174 Å². The molecule has 9 heteroatoms. The van der Waals surface area contributed by atoms with Gasteiger partial charge in [0.2, 0.25) is 0 Å². The van der Waals surface area contributed by atoms with Crippen molar-refractivity contribution in [1.82, 2.24) is 25.3 Å². The zero-order valence-corrected chi connectivity index (χ0v) is 29.0. The molecule has 0 saturated carbocycles. The quantitative estimate of drug-likeness (QED) is 0.174. The molecule has 258 valence electrons. The van der Waals surface area contributed by atoms with Gasteiger partial charge in [-0.1, -0.05) is 66.9 Å². The smallest absolute Gasteiger partial charge is 0.115 e. The Morgan fingerprint density at radius 2 is 1.31 bits per heavy atom. The maximum atomic E-state index is 5.05. The minimum atomic E-state index is -0.0113. The summed E-state index contributed by atoms with van der Waals surface area (Å²) in [5.41, 5.74) is 10.6. The number of aliphatic imine (C=N–C) groups is 2. The van der Waals surface area contributed by atoms with Gasteiger partial charge in [0, 0.05) is 41.0 Å². The second-order valence-corrected chi connectivity index (χ2v) is 13.3. The van der Waals surface area contributed by atoms with Gasteiger partial charge in [-0.2, -0.15) is 6.20 Å². The average Bonchev–Trinajstić information content (AvgIpc) is 3.27. The fraction of sp³-hybridized carbons (Fsp3) is 0.0667. The molecule has 0 spiro atoms. The van der Waals surface area contributed by atoms with Crippen LogP contribution in [0.1, 0.15) is 17.3 Å². The zero-order valence-electron chi connectivity index (χ0n) is 29.0. The number of rotatable bonds is 6. The van der Waals surface area contributed by atoms with E-state index in [2.05, 4.69) is 121 Å². The van der Waals surface area contributed by atoms with Crippen LogP contribution in [0.3, 0.4) is 0 Å². The molecule has 54 heavy (non-hydrogen) atoms. The van der Waals surface area contributed by atoms with Crippen LogP contribution in [0.25, 0.3) is 82.3 Å². The summed E-state index contributed by atoms with van der Waals surface area (Å²) in [7, 11) is 0. The lowest BCUT2D eigenvalue weighted by Crippen LogP contribution is -2.23. The van der Waals surface area contributed by atoms with E-state index in [0.717, 1.165) is 72.5 Å². The molecule has 1 N–H and O–H groups in total. The van der Waals surface area contributed by atoms with Gasteiger partial charge in [0.15, 0.2) is 0 Å². The number of pyridine rings is 2. The van der Waals surface area contributed by atoms with Gasteiger partial charge < -0.3 is 25.9 Å². The van der Waals surface area contributed by atoms with Crippen LogP contribution < -0.4 is 5.32 Å². The van der Waals surface area contributed by atoms with Gasteiger partial charge >= 0.3 is 0 Å². The van der Waals surface area contributed by atoms with Crippen molar-refractivity contribution in [3.63, 3.8) is 0 Å². The SMILES string of the molecule is C1=CC(c2ccc3c4cc(-c5cccc(-c6cncnc6)n5)ccc4c4cc(-c5cccc(C6=C[N-]CN=C6)n5)ccc4c3c2)NC(C2=CN=C[N-]C2)=C1. The number of nitrogens with zero attached hydrogens (tertiary/aromatic N) is 8. The Hall–Kier alpha value is -7.26. The van der Waals surface area contributed by atoms with E-state index < -0.39 is 0 Å². The number of nitrogens with one attached hydrogen (secondary N) is 1. The van der Waals surface area contributed by atoms with E-state index in [9.17, 15) is 0 Å². The summed E-state index contributed by atoms with van der Waals surface area (Å²) in [5.74, 6) is 0. The van der Waals surface area contributed by atoms with Crippen LogP contribution in [0.4, 0.5) is 0 Å². The molecule has 1 unspecified atom stereocenters. The maximum absolute atomic E-state index is 5.05. The summed E-state index contributed by atoms with van der Waals surface area (Å²) in [4.78, 5) is 27.1. The van der Waals surface area contributed by atoms with E-state index in [4.69, 9.17) is 9.97 Å². The lowest BCUT2D eigenvalue weighted by atomic mass is 9.89. The molecular formula is C45H31N9-2. The van der Waals surface area contributed by atoms with E-state index in [1.807, 2.05) is 42.9 Å². The van der Waals surface area contributed by atoms with E-state index >= 15 is 0 Å². The van der Waals surface area contributed by atoms with Crippen molar-refractivity contribution < 1.29 is 0 Å². The average molecular weight is 698 g/mol. The van der Waals surface area contributed by atoms with E-state index in [1.165, 1.54) is 28.0 Å². The predicted molar refractivity (Wildman–Crippen MR) is 219 cm³/mol. The van der Waals surface area contributed by atoms with E-state index in [0.29, 0.717) is 13.2 Å². The number of fused-ring (bicyclic) bond motifs is 6. The molecule has 1 atom stereocenters. The highest BCUT2D eigenvalue weighted by Gasteiger charge is 2.18. The predicted octanol–water partition coefficient (Wildman–Crippen LogP) is 9.87. The molecule has 0 aliphatic carbocycles. The van der Waals surface area contributed by atoms with Crippen LogP contribution in [-0.2, 0) is 0 Å². The van der Waals surface area contributed by atoms with Crippen molar-refractivity contribution in [1.29, 1.82) is 0 Å². The molecule has 0 radical (unpaired) electrons. The number of dihydropyridines is 1. The fourth-order valence-corrected chi connectivity index (χ4v) is 7.40. The van der Waals surface area contributed by atoms with Crippen molar-refractivity contribution in [2.24, 2.45) is 9.98 Å². The van der Waals surface area contributed by atoms with Gasteiger partial charge in [0.25, 0.3) is 0 Å². The van der Waals surface area contributed by atoms with Crippen LogP contribution in [0.5, 0.6) is 0 Å². The number of benzene rings is 4. The first-order valence-electron chi connectivity index (χ1n) is 17.8. The van der Waals surface area contributed by atoms with Crippen molar-refractivity contribution >= 4 is 50.4 Å². The van der Waals surface area contributed by atoms with Gasteiger partial charge in [-0.25, -0.2) is 19.9 Å². The summed E-state index contributed by atoms with van der Waals surface area (Å²) in [6.45, 7) is 1.06. The Morgan fingerprint density at radius 3 is 2.00 bits per heavy atom. The largest absolute Gasteiger partial charge is 0.672 e.